The van der Waals surface area contributed by atoms with E-state index in [1.165, 1.54) is 4.31 Å². The molecule has 0 bridgehead atoms. The summed E-state index contributed by atoms with van der Waals surface area (Å²) in [5.41, 5.74) is 2.95. The Balaban J connectivity index is 1.61. The van der Waals surface area contributed by atoms with Crippen molar-refractivity contribution in [3.05, 3.63) is 65.2 Å². The van der Waals surface area contributed by atoms with Gasteiger partial charge in [-0.2, -0.15) is 4.31 Å². The van der Waals surface area contributed by atoms with E-state index in [2.05, 4.69) is 0 Å². The molecule has 0 unspecified atom stereocenters. The maximum atomic E-state index is 13.0. The van der Waals surface area contributed by atoms with Gasteiger partial charge in [0.2, 0.25) is 15.9 Å². The zero-order valence-corrected chi connectivity index (χ0v) is 17.6. The molecule has 3 rings (SSSR count). The minimum absolute atomic E-state index is 0.0833. The van der Waals surface area contributed by atoms with E-state index in [1.807, 2.05) is 63.2 Å². The predicted molar refractivity (Wildman–Crippen MR) is 111 cm³/mol. The second kappa shape index (κ2) is 8.45. The van der Waals surface area contributed by atoms with Crippen LogP contribution in [-0.2, 0) is 14.8 Å². The molecule has 0 aromatic heterocycles. The molecule has 28 heavy (non-hydrogen) atoms. The van der Waals surface area contributed by atoms with Gasteiger partial charge in [0.1, 0.15) is 0 Å². The molecule has 0 saturated carbocycles. The fourth-order valence-electron chi connectivity index (χ4n) is 3.70. The molecule has 1 saturated heterocycles. The lowest BCUT2D eigenvalue weighted by Gasteiger charge is -2.34. The third-order valence-corrected chi connectivity index (χ3v) is 7.45. The van der Waals surface area contributed by atoms with Crippen molar-refractivity contribution in [1.29, 1.82) is 0 Å². The number of nitrogens with zero attached hydrogens (tertiary/aromatic N) is 2. The Hall–Kier alpha value is -2.18. The lowest BCUT2D eigenvalue weighted by molar-refractivity contribution is -0.132. The monoisotopic (exact) mass is 400 g/mol. The van der Waals surface area contributed by atoms with Crippen molar-refractivity contribution in [3.63, 3.8) is 0 Å². The average molecular weight is 401 g/mol. The van der Waals surface area contributed by atoms with Crippen LogP contribution in [0.3, 0.4) is 0 Å². The first-order valence-electron chi connectivity index (χ1n) is 9.69. The number of carbonyl (C=O) groups excluding carboxylic acids is 1. The molecule has 6 heteroatoms. The molecule has 1 heterocycles. The van der Waals surface area contributed by atoms with Crippen LogP contribution >= 0.6 is 0 Å². The molecule has 1 amide bonds. The lowest BCUT2D eigenvalue weighted by atomic mass is 9.97. The van der Waals surface area contributed by atoms with Crippen molar-refractivity contribution in [2.45, 2.75) is 38.0 Å². The fourth-order valence-corrected chi connectivity index (χ4v) is 5.32. The van der Waals surface area contributed by atoms with E-state index in [1.54, 1.807) is 11.0 Å². The van der Waals surface area contributed by atoms with Crippen molar-refractivity contribution in [3.8, 4) is 0 Å². The SMILES string of the molecule is Cc1ccc(S(=O)(=O)N2CCN(C(=O)C[C@@H](C)c3ccccc3)CC2)c(C)c1. The van der Waals surface area contributed by atoms with E-state index in [0.717, 1.165) is 16.7 Å². The summed E-state index contributed by atoms with van der Waals surface area (Å²) in [7, 11) is -3.53. The number of hydrogen-bond acceptors (Lipinski definition) is 3. The van der Waals surface area contributed by atoms with Gasteiger partial charge in [-0.25, -0.2) is 8.42 Å². The predicted octanol–water partition coefficient (Wildman–Crippen LogP) is 3.33. The standard InChI is InChI=1S/C22H28N2O3S/c1-17-9-10-21(19(3)15-17)28(26,27)24-13-11-23(12-14-24)22(25)16-18(2)20-7-5-4-6-8-20/h4-10,15,18H,11-14,16H2,1-3H3/t18-/m1/s1. The van der Waals surface area contributed by atoms with Gasteiger partial charge in [-0.05, 0) is 37.0 Å². The maximum Gasteiger partial charge on any atom is 0.243 e. The summed E-state index contributed by atoms with van der Waals surface area (Å²) in [5.74, 6) is 0.227. The largest absolute Gasteiger partial charge is 0.340 e. The summed E-state index contributed by atoms with van der Waals surface area (Å²) >= 11 is 0. The molecule has 5 nitrogen and oxygen atoms in total. The van der Waals surface area contributed by atoms with Gasteiger partial charge >= 0.3 is 0 Å². The van der Waals surface area contributed by atoms with Crippen molar-refractivity contribution >= 4 is 15.9 Å². The van der Waals surface area contributed by atoms with Gasteiger partial charge in [-0.3, -0.25) is 4.79 Å². The van der Waals surface area contributed by atoms with E-state index in [9.17, 15) is 13.2 Å². The van der Waals surface area contributed by atoms with Gasteiger partial charge in [-0.15, -0.1) is 0 Å². The summed E-state index contributed by atoms with van der Waals surface area (Å²) in [6.07, 6.45) is 0.438. The lowest BCUT2D eigenvalue weighted by Crippen LogP contribution is -2.50. The summed E-state index contributed by atoms with van der Waals surface area (Å²) in [4.78, 5) is 14.8. The molecule has 1 fully saturated rings. The number of piperazine rings is 1. The van der Waals surface area contributed by atoms with E-state index in [0.29, 0.717) is 37.5 Å². The van der Waals surface area contributed by atoms with E-state index < -0.39 is 10.0 Å². The van der Waals surface area contributed by atoms with Gasteiger partial charge in [0.25, 0.3) is 0 Å². The molecule has 0 radical (unpaired) electrons. The van der Waals surface area contributed by atoms with Gasteiger partial charge in [-0.1, -0.05) is 55.0 Å². The first-order chi connectivity index (χ1) is 13.3. The first kappa shape index (κ1) is 20.6. The van der Waals surface area contributed by atoms with Crippen LogP contribution in [-0.4, -0.2) is 49.7 Å². The first-order valence-corrected chi connectivity index (χ1v) is 11.1. The van der Waals surface area contributed by atoms with Gasteiger partial charge in [0.05, 0.1) is 4.90 Å². The number of aryl methyl sites for hydroxylation is 2. The fraction of sp³-hybridized carbons (Fsp3) is 0.409. The Bertz CT molecular complexity index is 934. The molecule has 0 N–H and O–H groups in total. The Labute approximate surface area is 168 Å². The van der Waals surface area contributed by atoms with E-state index in [-0.39, 0.29) is 11.8 Å². The molecule has 0 spiro atoms. The van der Waals surface area contributed by atoms with Crippen LogP contribution < -0.4 is 0 Å². The van der Waals surface area contributed by atoms with E-state index >= 15 is 0 Å². The van der Waals surface area contributed by atoms with Crippen LogP contribution in [0, 0.1) is 13.8 Å². The molecule has 150 valence electrons. The van der Waals surface area contributed by atoms with E-state index in [4.69, 9.17) is 0 Å². The van der Waals surface area contributed by atoms with Crippen molar-refractivity contribution < 1.29 is 13.2 Å². The van der Waals surface area contributed by atoms with Gasteiger partial charge < -0.3 is 4.90 Å². The van der Waals surface area contributed by atoms with Crippen LogP contribution in [0.5, 0.6) is 0 Å². The Morgan fingerprint density at radius 3 is 2.25 bits per heavy atom. The van der Waals surface area contributed by atoms with Crippen LogP contribution in [0.4, 0.5) is 0 Å². The van der Waals surface area contributed by atoms with Crippen LogP contribution in [0.1, 0.15) is 36.0 Å². The Morgan fingerprint density at radius 1 is 1.00 bits per heavy atom. The number of hydrogen-bond donors (Lipinski definition) is 0. The Kier molecular flexibility index (Phi) is 6.20. The number of rotatable bonds is 5. The zero-order chi connectivity index (χ0) is 20.3. The average Bonchev–Trinajstić information content (AvgIpc) is 2.68. The zero-order valence-electron chi connectivity index (χ0n) is 16.8. The minimum Gasteiger partial charge on any atom is -0.340 e. The third-order valence-electron chi connectivity index (χ3n) is 5.39. The summed E-state index contributed by atoms with van der Waals surface area (Å²) < 4.78 is 27.5. The summed E-state index contributed by atoms with van der Waals surface area (Å²) in [6, 6.07) is 15.4. The highest BCUT2D eigenvalue weighted by Crippen LogP contribution is 2.24. The van der Waals surface area contributed by atoms with Crippen LogP contribution in [0.2, 0.25) is 0 Å². The van der Waals surface area contributed by atoms with Crippen LogP contribution in [0.25, 0.3) is 0 Å². The number of amides is 1. The molecular weight excluding hydrogens is 372 g/mol. The maximum absolute atomic E-state index is 13.0. The molecule has 0 aliphatic carbocycles. The number of benzene rings is 2. The molecule has 2 aromatic rings. The quantitative estimate of drug-likeness (QED) is 0.774. The highest BCUT2D eigenvalue weighted by atomic mass is 32.2. The minimum atomic E-state index is -3.53. The summed E-state index contributed by atoms with van der Waals surface area (Å²) in [6.45, 7) is 7.36. The smallest absolute Gasteiger partial charge is 0.243 e. The molecule has 2 aromatic carbocycles. The molecular formula is C22H28N2O3S. The highest BCUT2D eigenvalue weighted by Gasteiger charge is 2.31. The topological polar surface area (TPSA) is 57.7 Å². The van der Waals surface area contributed by atoms with Crippen molar-refractivity contribution in [1.82, 2.24) is 9.21 Å². The highest BCUT2D eigenvalue weighted by molar-refractivity contribution is 7.89. The van der Waals surface area contributed by atoms with Crippen LogP contribution in [0.15, 0.2) is 53.4 Å². The second-order valence-electron chi connectivity index (χ2n) is 7.57. The van der Waals surface area contributed by atoms with Gasteiger partial charge in [0.15, 0.2) is 0 Å². The second-order valence-corrected chi connectivity index (χ2v) is 9.48. The third kappa shape index (κ3) is 4.45. The number of sulfonamides is 1. The number of carbonyl (C=O) groups is 1. The van der Waals surface area contributed by atoms with Gasteiger partial charge in [0, 0.05) is 32.6 Å². The van der Waals surface area contributed by atoms with Crippen molar-refractivity contribution in [2.75, 3.05) is 26.2 Å². The molecule has 1 aliphatic heterocycles. The van der Waals surface area contributed by atoms with Crippen molar-refractivity contribution in [2.24, 2.45) is 0 Å². The molecule has 1 atom stereocenters. The Morgan fingerprint density at radius 2 is 1.64 bits per heavy atom. The molecule has 1 aliphatic rings. The normalized spacial score (nSPS) is 16.8. The summed E-state index contributed by atoms with van der Waals surface area (Å²) in [5, 5.41) is 0.